The van der Waals surface area contributed by atoms with Crippen molar-refractivity contribution in [2.24, 2.45) is 0 Å². The summed E-state index contributed by atoms with van der Waals surface area (Å²) in [4.78, 5) is 0.679. The van der Waals surface area contributed by atoms with Gasteiger partial charge in [-0.2, -0.15) is 5.26 Å². The minimum absolute atomic E-state index is 0.264. The Morgan fingerprint density at radius 1 is 1.44 bits per heavy atom. The first-order valence-electron chi connectivity index (χ1n) is 5.61. The van der Waals surface area contributed by atoms with E-state index in [0.29, 0.717) is 21.9 Å². The molecule has 0 aromatic carbocycles. The first kappa shape index (κ1) is 13.0. The zero-order chi connectivity index (χ0) is 12.3. The van der Waals surface area contributed by atoms with Crippen LogP contribution in [0.1, 0.15) is 61.7 Å². The molecule has 0 radical (unpaired) electrons. The van der Waals surface area contributed by atoms with Crippen LogP contribution in [0.2, 0.25) is 0 Å². The second-order valence-electron chi connectivity index (χ2n) is 3.68. The number of anilines is 1. The molecule has 1 aromatic heterocycles. The Hall–Kier alpha value is -1.08. The van der Waals surface area contributed by atoms with Gasteiger partial charge in [0.2, 0.25) is 0 Å². The van der Waals surface area contributed by atoms with Crippen LogP contribution in [0, 0.1) is 11.3 Å². The molecule has 1 heterocycles. The van der Waals surface area contributed by atoms with E-state index in [1.807, 2.05) is 20.8 Å². The second-order valence-corrected chi connectivity index (χ2v) is 4.76. The maximum atomic E-state index is 13.5. The molecule has 0 spiro atoms. The predicted molar refractivity (Wildman–Crippen MR) is 66.3 cm³/mol. The average molecular weight is 240 g/mol. The van der Waals surface area contributed by atoms with E-state index in [-0.39, 0.29) is 5.92 Å². The number of nitrogen functional groups attached to an aromatic ring is 1. The fourth-order valence-corrected chi connectivity index (χ4v) is 3.14. The van der Waals surface area contributed by atoms with E-state index in [2.05, 4.69) is 6.07 Å². The Morgan fingerprint density at radius 2 is 2.06 bits per heavy atom. The third-order valence-corrected chi connectivity index (χ3v) is 3.86. The summed E-state index contributed by atoms with van der Waals surface area (Å²) >= 11 is 1.23. The summed E-state index contributed by atoms with van der Waals surface area (Å²) in [6.07, 6.45) is 0.438. The first-order chi connectivity index (χ1) is 7.65. The molecule has 1 aliphatic rings. The molecule has 1 aromatic rings. The normalized spacial score (nSPS) is 22.7. The van der Waals surface area contributed by atoms with E-state index in [0.717, 1.165) is 12.0 Å². The van der Waals surface area contributed by atoms with Gasteiger partial charge in [-0.15, -0.1) is 11.3 Å². The molecule has 2 N–H and O–H groups in total. The molecule has 2 nitrogen and oxygen atoms in total. The minimum atomic E-state index is -0.921. The maximum Gasteiger partial charge on any atom is 0.135 e. The molecule has 0 saturated heterocycles. The van der Waals surface area contributed by atoms with Crippen molar-refractivity contribution in [3.63, 3.8) is 0 Å². The summed E-state index contributed by atoms with van der Waals surface area (Å²) in [6.45, 7) is 6.03. The quantitative estimate of drug-likeness (QED) is 0.741. The highest BCUT2D eigenvalue weighted by atomic mass is 32.1. The van der Waals surface area contributed by atoms with Gasteiger partial charge in [0.25, 0.3) is 0 Å². The lowest BCUT2D eigenvalue weighted by Gasteiger charge is -2.21. The highest BCUT2D eigenvalue weighted by molar-refractivity contribution is 7.16. The zero-order valence-corrected chi connectivity index (χ0v) is 10.7. The van der Waals surface area contributed by atoms with Gasteiger partial charge in [-0.05, 0) is 24.3 Å². The molecule has 4 heteroatoms. The Labute approximate surface area is 99.9 Å². The Morgan fingerprint density at radius 3 is 2.62 bits per heavy atom. The van der Waals surface area contributed by atoms with Crippen molar-refractivity contribution in [3.05, 3.63) is 16.0 Å². The molecule has 2 rings (SSSR count). The standard InChI is InChI=1S/C10H11FN2S.C2H6/c1-5-2-3-7(11)9-8(5)6(4-12)10(13)14-9;1-2/h5,7H,2-3,13H2,1H3;1-2H3. The van der Waals surface area contributed by atoms with Gasteiger partial charge >= 0.3 is 0 Å². The van der Waals surface area contributed by atoms with Crippen molar-refractivity contribution in [2.45, 2.75) is 45.7 Å². The molecule has 0 amide bonds. The predicted octanol–water partition coefficient (Wildman–Crippen LogP) is 4.14. The number of alkyl halides is 1. The monoisotopic (exact) mass is 240 g/mol. The summed E-state index contributed by atoms with van der Waals surface area (Å²) in [6, 6.07) is 2.07. The molecular weight excluding hydrogens is 223 g/mol. The number of halogens is 1. The van der Waals surface area contributed by atoms with Gasteiger partial charge in [0.1, 0.15) is 17.2 Å². The summed E-state index contributed by atoms with van der Waals surface area (Å²) in [5.41, 5.74) is 7.04. The van der Waals surface area contributed by atoms with Crippen LogP contribution in [0.15, 0.2) is 0 Å². The van der Waals surface area contributed by atoms with E-state index < -0.39 is 6.17 Å². The molecule has 2 unspecified atom stereocenters. The van der Waals surface area contributed by atoms with E-state index in [9.17, 15) is 4.39 Å². The Bertz CT molecular complexity index is 406. The number of nitrogens with zero attached hydrogens (tertiary/aromatic N) is 1. The van der Waals surface area contributed by atoms with E-state index in [1.54, 1.807) is 0 Å². The molecule has 88 valence electrons. The summed E-state index contributed by atoms with van der Waals surface area (Å²) in [5.74, 6) is 0.264. The topological polar surface area (TPSA) is 49.8 Å². The lowest BCUT2D eigenvalue weighted by molar-refractivity contribution is 0.297. The third-order valence-electron chi connectivity index (χ3n) is 2.74. The highest BCUT2D eigenvalue weighted by Gasteiger charge is 2.30. The largest absolute Gasteiger partial charge is 0.389 e. The Balaban J connectivity index is 0.000000606. The van der Waals surface area contributed by atoms with Gasteiger partial charge < -0.3 is 5.73 Å². The van der Waals surface area contributed by atoms with Crippen molar-refractivity contribution in [1.29, 1.82) is 5.26 Å². The summed E-state index contributed by atoms with van der Waals surface area (Å²) < 4.78 is 13.5. The fourth-order valence-electron chi connectivity index (χ4n) is 1.99. The molecule has 0 bridgehead atoms. The van der Waals surface area contributed by atoms with Crippen molar-refractivity contribution in [2.75, 3.05) is 5.73 Å². The van der Waals surface area contributed by atoms with E-state index >= 15 is 0 Å². The zero-order valence-electron chi connectivity index (χ0n) is 9.88. The van der Waals surface area contributed by atoms with Crippen molar-refractivity contribution < 1.29 is 4.39 Å². The van der Waals surface area contributed by atoms with E-state index in [4.69, 9.17) is 11.0 Å². The van der Waals surface area contributed by atoms with Crippen molar-refractivity contribution in [1.82, 2.24) is 0 Å². The SMILES string of the molecule is CC.CC1CCC(F)c2sc(N)c(C#N)c21. The lowest BCUT2D eigenvalue weighted by atomic mass is 9.86. The number of rotatable bonds is 0. The number of hydrogen-bond acceptors (Lipinski definition) is 3. The maximum absolute atomic E-state index is 13.5. The molecule has 0 saturated carbocycles. The molecule has 2 atom stereocenters. The van der Waals surface area contributed by atoms with Crippen LogP contribution in [0.25, 0.3) is 0 Å². The second kappa shape index (κ2) is 5.31. The van der Waals surface area contributed by atoms with E-state index in [1.165, 1.54) is 11.3 Å². The van der Waals surface area contributed by atoms with Gasteiger partial charge in [-0.1, -0.05) is 20.8 Å². The number of fused-ring (bicyclic) bond motifs is 1. The molecule has 16 heavy (non-hydrogen) atoms. The number of thiophene rings is 1. The molecule has 1 aliphatic carbocycles. The number of nitrogens with two attached hydrogens (primary N) is 1. The van der Waals surface area contributed by atoms with Gasteiger partial charge in [-0.25, -0.2) is 4.39 Å². The van der Waals surface area contributed by atoms with Crippen LogP contribution in [0.3, 0.4) is 0 Å². The van der Waals surface area contributed by atoms with Gasteiger partial charge in [0, 0.05) is 4.88 Å². The van der Waals surface area contributed by atoms with Crippen molar-refractivity contribution >= 4 is 16.3 Å². The van der Waals surface area contributed by atoms with Gasteiger partial charge in [0.05, 0.1) is 5.56 Å². The molecular formula is C12H17FN2S. The fraction of sp³-hybridized carbons (Fsp3) is 0.583. The lowest BCUT2D eigenvalue weighted by Crippen LogP contribution is -2.07. The van der Waals surface area contributed by atoms with Crippen molar-refractivity contribution in [3.8, 4) is 6.07 Å². The molecule has 0 fully saturated rings. The third kappa shape index (κ3) is 2.05. The van der Waals surface area contributed by atoms with Crippen LogP contribution < -0.4 is 5.73 Å². The molecule has 0 aliphatic heterocycles. The number of hydrogen-bond donors (Lipinski definition) is 1. The summed E-state index contributed by atoms with van der Waals surface area (Å²) in [5, 5.41) is 9.39. The van der Waals surface area contributed by atoms with Crippen LogP contribution in [0.4, 0.5) is 9.39 Å². The Kier molecular flexibility index (Phi) is 4.31. The highest BCUT2D eigenvalue weighted by Crippen LogP contribution is 2.47. The average Bonchev–Trinajstić information content (AvgIpc) is 2.64. The smallest absolute Gasteiger partial charge is 0.135 e. The van der Waals surface area contributed by atoms with Crippen LogP contribution in [-0.2, 0) is 0 Å². The van der Waals surface area contributed by atoms with Crippen LogP contribution in [-0.4, -0.2) is 0 Å². The first-order valence-corrected chi connectivity index (χ1v) is 6.43. The van der Waals surface area contributed by atoms with Gasteiger partial charge in [-0.3, -0.25) is 0 Å². The summed E-state index contributed by atoms with van der Waals surface area (Å²) in [7, 11) is 0. The minimum Gasteiger partial charge on any atom is -0.389 e. The van der Waals surface area contributed by atoms with Gasteiger partial charge in [0.15, 0.2) is 0 Å². The number of nitriles is 1. The van der Waals surface area contributed by atoms with Crippen LogP contribution in [0.5, 0.6) is 0 Å². The van der Waals surface area contributed by atoms with Crippen LogP contribution >= 0.6 is 11.3 Å².